The molecule has 1 aliphatic carbocycles. The summed E-state index contributed by atoms with van der Waals surface area (Å²) in [7, 11) is 4.39. The van der Waals surface area contributed by atoms with Crippen molar-refractivity contribution in [2.45, 2.75) is 44.7 Å². The van der Waals surface area contributed by atoms with Crippen LogP contribution in [0.15, 0.2) is 0 Å². The van der Waals surface area contributed by atoms with Crippen LogP contribution in [0.4, 0.5) is 0 Å². The van der Waals surface area contributed by atoms with E-state index in [1.54, 1.807) is 0 Å². The van der Waals surface area contributed by atoms with Crippen molar-refractivity contribution in [1.29, 1.82) is 0 Å². The third kappa shape index (κ3) is 1.99. The summed E-state index contributed by atoms with van der Waals surface area (Å²) >= 11 is 0. The van der Waals surface area contributed by atoms with Crippen molar-refractivity contribution < 1.29 is 0 Å². The molecule has 0 spiro atoms. The summed E-state index contributed by atoms with van der Waals surface area (Å²) in [5.74, 6) is 0. The zero-order chi connectivity index (χ0) is 9.19. The summed E-state index contributed by atoms with van der Waals surface area (Å²) in [6, 6.07) is 0.613. The largest absolute Gasteiger partial charge is 0.313 e. The predicted molar refractivity (Wildman–Crippen MR) is 53.4 cm³/mol. The van der Waals surface area contributed by atoms with Crippen LogP contribution < -0.4 is 5.32 Å². The van der Waals surface area contributed by atoms with E-state index in [1.807, 2.05) is 0 Å². The molecule has 1 rings (SSSR count). The van der Waals surface area contributed by atoms with E-state index in [4.69, 9.17) is 0 Å². The van der Waals surface area contributed by atoms with Gasteiger partial charge in [-0.1, -0.05) is 13.8 Å². The van der Waals surface area contributed by atoms with Gasteiger partial charge in [0.15, 0.2) is 0 Å². The Balaban J connectivity index is 2.35. The van der Waals surface area contributed by atoms with Crippen LogP contribution in [0.5, 0.6) is 0 Å². The van der Waals surface area contributed by atoms with E-state index in [1.165, 1.54) is 19.3 Å². The zero-order valence-electron chi connectivity index (χ0n) is 8.85. The fraction of sp³-hybridized carbons (Fsp3) is 1.00. The molecule has 1 N–H and O–H groups in total. The Kier molecular flexibility index (Phi) is 3.13. The second-order valence-corrected chi connectivity index (χ2v) is 4.51. The van der Waals surface area contributed by atoms with Crippen LogP contribution in [-0.2, 0) is 0 Å². The lowest BCUT2D eigenvalue weighted by molar-refractivity contribution is 0.0582. The zero-order valence-corrected chi connectivity index (χ0v) is 8.85. The van der Waals surface area contributed by atoms with Crippen molar-refractivity contribution in [2.75, 3.05) is 20.6 Å². The molecule has 0 aromatic rings. The Morgan fingerprint density at radius 2 is 1.92 bits per heavy atom. The van der Waals surface area contributed by atoms with Gasteiger partial charge in [0.1, 0.15) is 0 Å². The van der Waals surface area contributed by atoms with Gasteiger partial charge in [-0.2, -0.15) is 0 Å². The molecule has 2 nitrogen and oxygen atoms in total. The smallest absolute Gasteiger partial charge is 0.0328 e. The number of hydrogen-bond acceptors (Lipinski definition) is 2. The lowest BCUT2D eigenvalue weighted by Gasteiger charge is -2.48. The molecule has 12 heavy (non-hydrogen) atoms. The summed E-state index contributed by atoms with van der Waals surface area (Å²) in [5, 5.41) is 3.53. The van der Waals surface area contributed by atoms with Crippen LogP contribution in [0, 0.1) is 0 Å². The Labute approximate surface area is 76.3 Å². The van der Waals surface area contributed by atoms with E-state index >= 15 is 0 Å². The molecule has 0 aliphatic heterocycles. The van der Waals surface area contributed by atoms with E-state index in [0.717, 1.165) is 6.54 Å². The summed E-state index contributed by atoms with van der Waals surface area (Å²) in [6.45, 7) is 5.57. The fourth-order valence-corrected chi connectivity index (χ4v) is 1.76. The van der Waals surface area contributed by atoms with E-state index in [2.05, 4.69) is 38.2 Å². The minimum absolute atomic E-state index is 0.476. The van der Waals surface area contributed by atoms with E-state index in [9.17, 15) is 0 Å². The van der Waals surface area contributed by atoms with Crippen molar-refractivity contribution >= 4 is 0 Å². The molecule has 0 saturated heterocycles. The van der Waals surface area contributed by atoms with Crippen molar-refractivity contribution in [3.8, 4) is 0 Å². The molecule has 0 aromatic heterocycles. The SMILES string of the molecule is CC(C)NCC1(N(C)C)CCC1. The Morgan fingerprint density at radius 1 is 1.33 bits per heavy atom. The Hall–Kier alpha value is -0.0800. The highest BCUT2D eigenvalue weighted by atomic mass is 15.2. The first-order chi connectivity index (χ1) is 5.57. The Bertz CT molecular complexity index is 137. The first-order valence-electron chi connectivity index (χ1n) is 4.98. The van der Waals surface area contributed by atoms with Gasteiger partial charge in [-0.15, -0.1) is 0 Å². The van der Waals surface area contributed by atoms with Gasteiger partial charge in [-0.25, -0.2) is 0 Å². The van der Waals surface area contributed by atoms with Crippen LogP contribution >= 0.6 is 0 Å². The van der Waals surface area contributed by atoms with Crippen molar-refractivity contribution in [1.82, 2.24) is 10.2 Å². The van der Waals surface area contributed by atoms with E-state index in [0.29, 0.717) is 11.6 Å². The maximum atomic E-state index is 3.53. The molecule has 2 heteroatoms. The highest BCUT2D eigenvalue weighted by molar-refractivity contribution is 4.97. The quantitative estimate of drug-likeness (QED) is 0.687. The van der Waals surface area contributed by atoms with Crippen LogP contribution in [-0.4, -0.2) is 37.1 Å². The minimum atomic E-state index is 0.476. The molecule has 0 bridgehead atoms. The van der Waals surface area contributed by atoms with E-state index in [-0.39, 0.29) is 0 Å². The van der Waals surface area contributed by atoms with Gasteiger partial charge < -0.3 is 10.2 Å². The van der Waals surface area contributed by atoms with Crippen molar-refractivity contribution in [3.63, 3.8) is 0 Å². The highest BCUT2D eigenvalue weighted by Gasteiger charge is 2.38. The molecule has 72 valence electrons. The molecular formula is C10H22N2. The number of nitrogens with one attached hydrogen (secondary N) is 1. The van der Waals surface area contributed by atoms with Gasteiger partial charge in [0, 0.05) is 18.1 Å². The number of rotatable bonds is 4. The second kappa shape index (κ2) is 3.75. The summed E-state index contributed by atoms with van der Waals surface area (Å²) in [6.07, 6.45) is 4.12. The normalized spacial score (nSPS) is 21.5. The second-order valence-electron chi connectivity index (χ2n) is 4.51. The molecule has 0 atom stereocenters. The summed E-state index contributed by atoms with van der Waals surface area (Å²) in [5.41, 5.74) is 0.476. The molecule has 0 heterocycles. The third-order valence-electron chi connectivity index (χ3n) is 3.07. The lowest BCUT2D eigenvalue weighted by Crippen LogP contribution is -2.57. The number of nitrogens with zero attached hydrogens (tertiary/aromatic N) is 1. The van der Waals surface area contributed by atoms with Gasteiger partial charge in [0.05, 0.1) is 0 Å². The highest BCUT2D eigenvalue weighted by Crippen LogP contribution is 2.35. The van der Waals surface area contributed by atoms with Gasteiger partial charge in [0.2, 0.25) is 0 Å². The van der Waals surface area contributed by atoms with Gasteiger partial charge in [-0.05, 0) is 33.4 Å². The molecule has 1 fully saturated rings. The standard InChI is InChI=1S/C10H22N2/c1-9(2)11-8-10(12(3)4)6-5-7-10/h9,11H,5-8H2,1-4H3. The lowest BCUT2D eigenvalue weighted by atomic mass is 9.75. The van der Waals surface area contributed by atoms with Gasteiger partial charge in [-0.3, -0.25) is 0 Å². The van der Waals surface area contributed by atoms with Crippen LogP contribution in [0.1, 0.15) is 33.1 Å². The van der Waals surface area contributed by atoms with Gasteiger partial charge in [0.25, 0.3) is 0 Å². The molecule has 1 saturated carbocycles. The molecule has 0 amide bonds. The maximum Gasteiger partial charge on any atom is 0.0328 e. The molecule has 1 aliphatic rings. The van der Waals surface area contributed by atoms with Crippen LogP contribution in [0.3, 0.4) is 0 Å². The first-order valence-corrected chi connectivity index (χ1v) is 4.98. The minimum Gasteiger partial charge on any atom is -0.313 e. The van der Waals surface area contributed by atoms with Crippen molar-refractivity contribution in [3.05, 3.63) is 0 Å². The maximum absolute atomic E-state index is 3.53. The van der Waals surface area contributed by atoms with Gasteiger partial charge >= 0.3 is 0 Å². The molecule has 0 aromatic carbocycles. The third-order valence-corrected chi connectivity index (χ3v) is 3.07. The molecule has 0 radical (unpaired) electrons. The molecular weight excluding hydrogens is 148 g/mol. The summed E-state index contributed by atoms with van der Waals surface area (Å²) in [4.78, 5) is 2.38. The Morgan fingerprint density at radius 3 is 2.17 bits per heavy atom. The average Bonchev–Trinajstić information content (AvgIpc) is 1.83. The van der Waals surface area contributed by atoms with Crippen LogP contribution in [0.2, 0.25) is 0 Å². The fourth-order valence-electron chi connectivity index (χ4n) is 1.76. The number of likely N-dealkylation sites (N-methyl/N-ethyl adjacent to an activating group) is 1. The monoisotopic (exact) mass is 170 g/mol. The topological polar surface area (TPSA) is 15.3 Å². The van der Waals surface area contributed by atoms with Crippen molar-refractivity contribution in [2.24, 2.45) is 0 Å². The first kappa shape index (κ1) is 10.0. The van der Waals surface area contributed by atoms with E-state index < -0.39 is 0 Å². The molecule has 0 unspecified atom stereocenters. The van der Waals surface area contributed by atoms with Crippen LogP contribution in [0.25, 0.3) is 0 Å². The number of hydrogen-bond donors (Lipinski definition) is 1. The average molecular weight is 170 g/mol. The summed E-state index contributed by atoms with van der Waals surface area (Å²) < 4.78 is 0. The predicted octanol–water partition coefficient (Wildman–Crippen LogP) is 1.47.